The zero-order valence-corrected chi connectivity index (χ0v) is 19.8. The third kappa shape index (κ3) is 3.78. The molecule has 0 spiro atoms. The third-order valence-corrected chi connectivity index (χ3v) is 6.69. The van der Waals surface area contributed by atoms with Gasteiger partial charge in [0.15, 0.2) is 17.3 Å². The molecule has 0 radical (unpaired) electrons. The van der Waals surface area contributed by atoms with Crippen LogP contribution in [0.3, 0.4) is 0 Å². The number of rotatable bonds is 5. The van der Waals surface area contributed by atoms with E-state index >= 15 is 0 Å². The van der Waals surface area contributed by atoms with Crippen molar-refractivity contribution in [2.75, 3.05) is 13.1 Å². The van der Waals surface area contributed by atoms with Gasteiger partial charge in [0.25, 0.3) is 11.8 Å². The Balaban J connectivity index is 1.28. The zero-order valence-electron chi connectivity index (χ0n) is 19.8. The highest BCUT2D eigenvalue weighted by molar-refractivity contribution is 5.93. The molecule has 0 aliphatic carbocycles. The van der Waals surface area contributed by atoms with Gasteiger partial charge in [-0.25, -0.2) is 0 Å². The number of amides is 1. The first-order chi connectivity index (χ1) is 16.4. The third-order valence-electron chi connectivity index (χ3n) is 6.69. The maximum Gasteiger partial charge on any atom is 0.276 e. The van der Waals surface area contributed by atoms with Gasteiger partial charge in [0, 0.05) is 49.2 Å². The lowest BCUT2D eigenvalue weighted by Crippen LogP contribution is -2.44. The van der Waals surface area contributed by atoms with E-state index in [4.69, 9.17) is 9.05 Å². The lowest BCUT2D eigenvalue weighted by molar-refractivity contribution is 0.0659. The van der Waals surface area contributed by atoms with Crippen molar-refractivity contribution in [2.24, 2.45) is 0 Å². The van der Waals surface area contributed by atoms with Crippen LogP contribution < -0.4 is 0 Å². The van der Waals surface area contributed by atoms with E-state index < -0.39 is 0 Å². The SMILES string of the molecule is CCn1nc(C)c(-c2cc(C(=O)N3CCC(C)(c4noc(-c5cccnc5)n4)CC3)no2)c1C. The number of hydrogen-bond donors (Lipinski definition) is 0. The molecule has 1 aliphatic heterocycles. The van der Waals surface area contributed by atoms with Gasteiger partial charge in [-0.3, -0.25) is 14.5 Å². The number of carbonyl (C=O) groups is 1. The summed E-state index contributed by atoms with van der Waals surface area (Å²) in [5, 5.41) is 12.8. The average molecular weight is 462 g/mol. The largest absolute Gasteiger partial charge is 0.355 e. The number of nitrogens with zero attached hydrogens (tertiary/aromatic N) is 7. The van der Waals surface area contributed by atoms with Gasteiger partial charge in [-0.2, -0.15) is 10.1 Å². The number of hydrogen-bond acceptors (Lipinski definition) is 8. The van der Waals surface area contributed by atoms with Crippen molar-refractivity contribution in [2.45, 2.75) is 52.5 Å². The van der Waals surface area contributed by atoms with Crippen molar-refractivity contribution in [1.82, 2.24) is 35.0 Å². The summed E-state index contributed by atoms with van der Waals surface area (Å²) in [4.78, 5) is 23.7. The molecule has 5 heterocycles. The highest BCUT2D eigenvalue weighted by Crippen LogP contribution is 2.35. The van der Waals surface area contributed by atoms with Crippen LogP contribution in [-0.4, -0.2) is 54.0 Å². The molecule has 176 valence electrons. The molecular weight excluding hydrogens is 434 g/mol. The zero-order chi connectivity index (χ0) is 23.9. The fourth-order valence-corrected chi connectivity index (χ4v) is 4.52. The fraction of sp³-hybridized carbons (Fsp3) is 0.417. The van der Waals surface area contributed by atoms with E-state index in [1.807, 2.05) is 37.6 Å². The molecule has 0 unspecified atom stereocenters. The van der Waals surface area contributed by atoms with Gasteiger partial charge < -0.3 is 13.9 Å². The summed E-state index contributed by atoms with van der Waals surface area (Å²) in [5.41, 5.74) is 3.55. The number of likely N-dealkylation sites (tertiary alicyclic amines) is 1. The Morgan fingerprint density at radius 2 is 1.97 bits per heavy atom. The summed E-state index contributed by atoms with van der Waals surface area (Å²) in [5.74, 6) is 1.53. The van der Waals surface area contributed by atoms with Crippen LogP contribution >= 0.6 is 0 Å². The van der Waals surface area contributed by atoms with Crippen LogP contribution in [0.2, 0.25) is 0 Å². The molecule has 1 aliphatic rings. The van der Waals surface area contributed by atoms with Crippen molar-refractivity contribution in [1.29, 1.82) is 0 Å². The van der Waals surface area contributed by atoms with Crippen molar-refractivity contribution in [3.63, 3.8) is 0 Å². The van der Waals surface area contributed by atoms with E-state index in [-0.39, 0.29) is 11.3 Å². The van der Waals surface area contributed by atoms with Crippen molar-refractivity contribution in [3.05, 3.63) is 53.5 Å². The van der Waals surface area contributed by atoms with E-state index in [9.17, 15) is 4.79 Å². The standard InChI is InChI=1S/C24H27N7O3/c1-5-31-16(3)20(15(2)27-31)19-13-18(28-33-19)22(32)30-11-8-24(4,9-12-30)23-26-21(34-29-23)17-7-6-10-25-14-17/h6-7,10,13-14H,5,8-9,11-12H2,1-4H3. The van der Waals surface area contributed by atoms with Crippen LogP contribution in [0.1, 0.15) is 54.4 Å². The molecule has 1 amide bonds. The van der Waals surface area contributed by atoms with Crippen molar-refractivity contribution < 1.29 is 13.8 Å². The minimum atomic E-state index is -0.279. The molecule has 34 heavy (non-hydrogen) atoms. The molecule has 0 bridgehead atoms. The topological polar surface area (TPSA) is 116 Å². The molecule has 4 aromatic heterocycles. The quantitative estimate of drug-likeness (QED) is 0.440. The number of aromatic nitrogens is 6. The number of aryl methyl sites for hydroxylation is 2. The minimum absolute atomic E-state index is 0.139. The van der Waals surface area contributed by atoms with Crippen LogP contribution in [-0.2, 0) is 12.0 Å². The minimum Gasteiger partial charge on any atom is -0.355 e. The van der Waals surface area contributed by atoms with E-state index in [0.29, 0.717) is 36.3 Å². The molecule has 0 aromatic carbocycles. The van der Waals surface area contributed by atoms with Crippen LogP contribution in [0.25, 0.3) is 22.8 Å². The summed E-state index contributed by atoms with van der Waals surface area (Å²) in [6.45, 7) is 9.98. The van der Waals surface area contributed by atoms with E-state index in [1.54, 1.807) is 23.4 Å². The van der Waals surface area contributed by atoms with Crippen molar-refractivity contribution >= 4 is 5.91 Å². The van der Waals surface area contributed by atoms with Gasteiger partial charge in [-0.15, -0.1) is 0 Å². The van der Waals surface area contributed by atoms with Gasteiger partial charge in [0.05, 0.1) is 16.8 Å². The summed E-state index contributed by atoms with van der Waals surface area (Å²) in [7, 11) is 0. The number of piperidine rings is 1. The molecule has 1 saturated heterocycles. The summed E-state index contributed by atoms with van der Waals surface area (Å²) in [6.07, 6.45) is 4.84. The van der Waals surface area contributed by atoms with Crippen LogP contribution in [0.4, 0.5) is 0 Å². The summed E-state index contributed by atoms with van der Waals surface area (Å²) >= 11 is 0. The molecule has 5 rings (SSSR count). The van der Waals surface area contributed by atoms with E-state index in [0.717, 1.165) is 41.9 Å². The summed E-state index contributed by atoms with van der Waals surface area (Å²) in [6, 6.07) is 5.43. The Labute approximate surface area is 197 Å². The average Bonchev–Trinajstić information content (AvgIpc) is 3.59. The molecule has 0 atom stereocenters. The maximum atomic E-state index is 13.1. The monoisotopic (exact) mass is 461 g/mol. The Morgan fingerprint density at radius 1 is 1.18 bits per heavy atom. The fourth-order valence-electron chi connectivity index (χ4n) is 4.52. The second-order valence-corrected chi connectivity index (χ2v) is 8.96. The Hall–Kier alpha value is -3.82. The predicted molar refractivity (Wildman–Crippen MR) is 123 cm³/mol. The first-order valence-corrected chi connectivity index (χ1v) is 11.4. The Morgan fingerprint density at radius 3 is 2.65 bits per heavy atom. The highest BCUT2D eigenvalue weighted by Gasteiger charge is 2.38. The molecule has 0 saturated carbocycles. The molecule has 0 N–H and O–H groups in total. The van der Waals surface area contributed by atoms with Gasteiger partial charge in [0.1, 0.15) is 0 Å². The van der Waals surface area contributed by atoms with E-state index in [1.165, 1.54) is 0 Å². The van der Waals surface area contributed by atoms with Gasteiger partial charge in [-0.05, 0) is 45.7 Å². The smallest absolute Gasteiger partial charge is 0.276 e. The second-order valence-electron chi connectivity index (χ2n) is 8.96. The van der Waals surface area contributed by atoms with Crippen molar-refractivity contribution in [3.8, 4) is 22.8 Å². The Bertz CT molecular complexity index is 1310. The van der Waals surface area contributed by atoms with Crippen LogP contribution in [0, 0.1) is 13.8 Å². The highest BCUT2D eigenvalue weighted by atomic mass is 16.5. The molecule has 1 fully saturated rings. The number of pyridine rings is 1. The second kappa shape index (κ2) is 8.51. The van der Waals surface area contributed by atoms with Gasteiger partial charge >= 0.3 is 0 Å². The van der Waals surface area contributed by atoms with Crippen LogP contribution in [0.5, 0.6) is 0 Å². The number of carbonyl (C=O) groups excluding carboxylic acids is 1. The molecule has 10 heteroatoms. The van der Waals surface area contributed by atoms with Crippen LogP contribution in [0.15, 0.2) is 39.6 Å². The molecular formula is C24H27N7O3. The first kappa shape index (κ1) is 22.0. The molecule has 4 aromatic rings. The summed E-state index contributed by atoms with van der Waals surface area (Å²) < 4.78 is 12.9. The van der Waals surface area contributed by atoms with E-state index in [2.05, 4.69) is 32.3 Å². The first-order valence-electron chi connectivity index (χ1n) is 11.4. The lowest BCUT2D eigenvalue weighted by Gasteiger charge is -2.36. The maximum absolute atomic E-state index is 13.1. The van der Waals surface area contributed by atoms with Gasteiger partial charge in [0.2, 0.25) is 0 Å². The van der Waals surface area contributed by atoms with Gasteiger partial charge in [-0.1, -0.05) is 17.2 Å². The lowest BCUT2D eigenvalue weighted by atomic mass is 9.79. The molecule has 10 nitrogen and oxygen atoms in total. The normalized spacial score (nSPS) is 15.6. The Kier molecular flexibility index (Phi) is 5.51. The predicted octanol–water partition coefficient (Wildman–Crippen LogP) is 3.81.